The van der Waals surface area contributed by atoms with Gasteiger partial charge in [0.25, 0.3) is 0 Å². The van der Waals surface area contributed by atoms with Gasteiger partial charge in [-0.3, -0.25) is 8.98 Å². The van der Waals surface area contributed by atoms with Crippen LogP contribution in [-0.2, 0) is 21.1 Å². The Balaban J connectivity index is 1.38. The quantitative estimate of drug-likeness (QED) is 0.384. The molecule has 180 valence electrons. The van der Waals surface area contributed by atoms with E-state index >= 15 is 0 Å². The number of benzene rings is 1. The van der Waals surface area contributed by atoms with E-state index in [1.165, 1.54) is 23.9 Å². The van der Waals surface area contributed by atoms with Crippen molar-refractivity contribution in [1.29, 1.82) is 0 Å². The maximum atomic E-state index is 13.2. The van der Waals surface area contributed by atoms with E-state index < -0.39 is 10.3 Å². The van der Waals surface area contributed by atoms with Gasteiger partial charge in [0.15, 0.2) is 0 Å². The Hall–Kier alpha value is -2.57. The molecule has 1 aliphatic rings. The molecule has 1 saturated carbocycles. The molecule has 34 heavy (non-hydrogen) atoms. The molecule has 0 spiro atoms. The molecule has 9 nitrogen and oxygen atoms in total. The molecule has 1 aromatic carbocycles. The number of aromatic nitrogens is 2. The first kappa shape index (κ1) is 24.6. The lowest BCUT2D eigenvalue weighted by atomic mass is 10.1. The van der Waals surface area contributed by atoms with Crippen LogP contribution in [0.25, 0.3) is 0 Å². The second-order valence-corrected chi connectivity index (χ2v) is 10.5. The lowest BCUT2D eigenvalue weighted by Crippen LogP contribution is -2.22. The largest absolute Gasteiger partial charge is 0.489 e. The molecule has 12 heteroatoms. The summed E-state index contributed by atoms with van der Waals surface area (Å²) in [6.07, 6.45) is 5.13. The van der Waals surface area contributed by atoms with E-state index in [2.05, 4.69) is 15.3 Å². The average molecular weight is 523 g/mol. The van der Waals surface area contributed by atoms with E-state index in [1.807, 2.05) is 17.5 Å². The SMILES string of the molecule is NS(=O)(=O)OC[C@@H]1CC[C@H](Nc2ncncc2C(=O)c2cc(COc3cccc(Cl)c3)cs2)C1. The molecule has 0 saturated heterocycles. The Labute approximate surface area is 206 Å². The zero-order valence-corrected chi connectivity index (χ0v) is 20.4. The molecule has 0 radical (unpaired) electrons. The molecule has 0 bridgehead atoms. The number of ether oxygens (including phenoxy) is 1. The molecule has 2 aromatic heterocycles. The minimum Gasteiger partial charge on any atom is -0.489 e. The number of carbonyl (C=O) groups is 1. The molecule has 3 N–H and O–H groups in total. The van der Waals surface area contributed by atoms with E-state index in [1.54, 1.807) is 18.2 Å². The number of rotatable bonds is 10. The summed E-state index contributed by atoms with van der Waals surface area (Å²) in [4.78, 5) is 22.0. The Morgan fingerprint density at radius 3 is 2.94 bits per heavy atom. The number of halogens is 1. The molecular weight excluding hydrogens is 500 g/mol. The van der Waals surface area contributed by atoms with E-state index in [0.717, 1.165) is 18.4 Å². The number of hydrogen-bond donors (Lipinski definition) is 2. The van der Waals surface area contributed by atoms with Crippen LogP contribution in [0.2, 0.25) is 5.02 Å². The summed E-state index contributed by atoms with van der Waals surface area (Å²) < 4.78 is 32.5. The molecule has 0 aliphatic heterocycles. The molecule has 1 aliphatic carbocycles. The van der Waals surface area contributed by atoms with E-state index in [-0.39, 0.29) is 24.3 Å². The van der Waals surface area contributed by atoms with Crippen molar-refractivity contribution in [3.05, 3.63) is 69.3 Å². The molecule has 0 amide bonds. The lowest BCUT2D eigenvalue weighted by Gasteiger charge is -2.15. The number of nitrogens with two attached hydrogens (primary N) is 1. The zero-order chi connectivity index (χ0) is 24.1. The van der Waals surface area contributed by atoms with Gasteiger partial charge in [0.2, 0.25) is 5.78 Å². The van der Waals surface area contributed by atoms with Gasteiger partial charge in [-0.2, -0.15) is 8.42 Å². The molecule has 4 rings (SSSR count). The van der Waals surface area contributed by atoms with Gasteiger partial charge in [0, 0.05) is 22.8 Å². The van der Waals surface area contributed by atoms with Crippen LogP contribution >= 0.6 is 22.9 Å². The van der Waals surface area contributed by atoms with E-state index in [0.29, 0.717) is 40.1 Å². The van der Waals surface area contributed by atoms with Gasteiger partial charge in [-0.15, -0.1) is 11.3 Å². The number of nitrogens with one attached hydrogen (secondary N) is 1. The fraction of sp³-hybridized carbons (Fsp3) is 0.318. The highest BCUT2D eigenvalue weighted by Crippen LogP contribution is 2.30. The number of hydrogen-bond acceptors (Lipinski definition) is 9. The first-order valence-corrected chi connectivity index (χ1v) is 13.2. The average Bonchev–Trinajstić information content (AvgIpc) is 3.45. The monoisotopic (exact) mass is 522 g/mol. The van der Waals surface area contributed by atoms with Gasteiger partial charge < -0.3 is 10.1 Å². The second-order valence-electron chi connectivity index (χ2n) is 7.98. The van der Waals surface area contributed by atoms with E-state index in [9.17, 15) is 13.2 Å². The maximum absolute atomic E-state index is 13.2. The summed E-state index contributed by atoms with van der Waals surface area (Å²) >= 11 is 7.31. The number of anilines is 1. The third-order valence-corrected chi connectivity index (χ3v) is 7.06. The summed E-state index contributed by atoms with van der Waals surface area (Å²) in [5.41, 5.74) is 1.24. The summed E-state index contributed by atoms with van der Waals surface area (Å²) in [5, 5.41) is 10.7. The standard InChI is InChI=1S/C22H23ClN4O5S2/c23-16-2-1-3-18(8-16)31-10-15-7-20(33-12-15)21(28)19-9-25-13-26-22(19)27-17-5-4-14(6-17)11-32-34(24,29)30/h1-3,7-9,12-14,17H,4-6,10-11H2,(H2,24,29,30)(H,25,26,27)/t14-,17+/m1/s1. The van der Waals surface area contributed by atoms with Crippen LogP contribution in [0.3, 0.4) is 0 Å². The van der Waals surface area contributed by atoms with Crippen molar-refractivity contribution in [3.63, 3.8) is 0 Å². The Bertz CT molecular complexity index is 1270. The highest BCUT2D eigenvalue weighted by molar-refractivity contribution is 7.84. The van der Waals surface area contributed by atoms with Gasteiger partial charge in [-0.05, 0) is 54.8 Å². The predicted octanol–water partition coefficient (Wildman–Crippen LogP) is 3.80. The summed E-state index contributed by atoms with van der Waals surface area (Å²) in [7, 11) is -3.96. The fourth-order valence-corrected chi connectivity index (χ4v) is 5.19. The van der Waals surface area contributed by atoms with Crippen LogP contribution in [0.15, 0.2) is 48.2 Å². The summed E-state index contributed by atoms with van der Waals surface area (Å²) in [6, 6.07) is 8.95. The van der Waals surface area contributed by atoms with Crippen LogP contribution in [0.4, 0.5) is 5.82 Å². The first-order valence-electron chi connectivity index (χ1n) is 10.5. The maximum Gasteiger partial charge on any atom is 0.333 e. The predicted molar refractivity (Wildman–Crippen MR) is 129 cm³/mol. The Morgan fingerprint density at radius 1 is 1.29 bits per heavy atom. The second kappa shape index (κ2) is 10.8. The smallest absolute Gasteiger partial charge is 0.333 e. The first-order chi connectivity index (χ1) is 16.3. The van der Waals surface area contributed by atoms with Crippen LogP contribution in [0.1, 0.15) is 40.1 Å². The van der Waals surface area contributed by atoms with Gasteiger partial charge in [-0.25, -0.2) is 15.1 Å². The zero-order valence-electron chi connectivity index (χ0n) is 18.0. The minimum atomic E-state index is -3.96. The minimum absolute atomic E-state index is 0.0283. The van der Waals surface area contributed by atoms with Crippen molar-refractivity contribution in [3.8, 4) is 5.75 Å². The third-order valence-electron chi connectivity index (χ3n) is 5.39. The van der Waals surface area contributed by atoms with Gasteiger partial charge in [-0.1, -0.05) is 17.7 Å². The number of thiophene rings is 1. The van der Waals surface area contributed by atoms with Crippen LogP contribution in [0.5, 0.6) is 5.75 Å². The van der Waals surface area contributed by atoms with Crippen molar-refractivity contribution in [2.45, 2.75) is 31.9 Å². The van der Waals surface area contributed by atoms with Gasteiger partial charge in [0.05, 0.1) is 17.0 Å². The Kier molecular flexibility index (Phi) is 7.79. The van der Waals surface area contributed by atoms with Crippen LogP contribution in [-0.4, -0.2) is 36.8 Å². The summed E-state index contributed by atoms with van der Waals surface area (Å²) in [6.45, 7) is 0.354. The molecule has 1 fully saturated rings. The highest BCUT2D eigenvalue weighted by atomic mass is 35.5. The highest BCUT2D eigenvalue weighted by Gasteiger charge is 2.28. The van der Waals surface area contributed by atoms with E-state index in [4.69, 9.17) is 25.7 Å². The molecule has 3 aromatic rings. The summed E-state index contributed by atoms with van der Waals surface area (Å²) in [5.74, 6) is 0.965. The number of carbonyl (C=O) groups excluding carboxylic acids is 1. The number of nitrogens with zero attached hydrogens (tertiary/aromatic N) is 2. The van der Waals surface area contributed by atoms with Crippen molar-refractivity contribution in [2.24, 2.45) is 11.1 Å². The van der Waals surface area contributed by atoms with Crippen molar-refractivity contribution in [2.75, 3.05) is 11.9 Å². The van der Waals surface area contributed by atoms with Gasteiger partial charge >= 0.3 is 10.3 Å². The van der Waals surface area contributed by atoms with Crippen LogP contribution < -0.4 is 15.2 Å². The molecular formula is C22H23ClN4O5S2. The number of ketones is 1. The van der Waals surface area contributed by atoms with Crippen molar-refractivity contribution in [1.82, 2.24) is 9.97 Å². The molecule has 2 heterocycles. The lowest BCUT2D eigenvalue weighted by molar-refractivity contribution is 0.104. The topological polar surface area (TPSA) is 134 Å². The molecule has 0 unspecified atom stereocenters. The van der Waals surface area contributed by atoms with Gasteiger partial charge in [0.1, 0.15) is 24.5 Å². The van der Waals surface area contributed by atoms with Crippen molar-refractivity contribution >= 4 is 44.8 Å². The normalized spacial score (nSPS) is 18.1. The fourth-order valence-electron chi connectivity index (χ4n) is 3.78. The molecule has 2 atom stereocenters. The third kappa shape index (κ3) is 6.73. The van der Waals surface area contributed by atoms with Crippen molar-refractivity contribution < 1.29 is 22.1 Å². The van der Waals surface area contributed by atoms with Crippen LogP contribution in [0, 0.1) is 5.92 Å². The Morgan fingerprint density at radius 2 is 2.15 bits per heavy atom.